The topological polar surface area (TPSA) is 50.2 Å². The number of nitrogens with zero attached hydrogens (tertiary/aromatic N) is 1. The molecule has 2 rings (SSSR count). The molecule has 3 nitrogen and oxygen atoms in total. The Labute approximate surface area is 78.0 Å². The fourth-order valence-corrected chi connectivity index (χ4v) is 2.35. The number of hydrogen-bond donors (Lipinski definition) is 1. The maximum Gasteiger partial charge on any atom is 0.307 e. The lowest BCUT2D eigenvalue weighted by atomic mass is 10.3. The van der Waals surface area contributed by atoms with Gasteiger partial charge in [-0.3, -0.25) is 4.79 Å². The van der Waals surface area contributed by atoms with Crippen molar-refractivity contribution in [1.82, 2.24) is 4.98 Å². The third-order valence-electron chi connectivity index (χ3n) is 1.97. The zero-order chi connectivity index (χ0) is 8.72. The third kappa shape index (κ3) is 1.32. The van der Waals surface area contributed by atoms with E-state index in [-0.39, 0.29) is 11.8 Å². The number of aromatic nitrogens is 1. The second-order valence-electron chi connectivity index (χ2n) is 2.80. The van der Waals surface area contributed by atoms with E-state index < -0.39 is 5.97 Å². The number of carboxylic acid groups (broad SMARTS) is 1. The molecule has 1 N–H and O–H groups in total. The lowest BCUT2D eigenvalue weighted by molar-refractivity contribution is -0.138. The molecule has 0 bridgehead atoms. The molecule has 64 valence electrons. The van der Waals surface area contributed by atoms with Gasteiger partial charge in [-0.05, 0) is 6.42 Å². The molecule has 2 atom stereocenters. The zero-order valence-electron chi connectivity index (χ0n) is 6.03. The Hall–Kier alpha value is -0.610. The van der Waals surface area contributed by atoms with E-state index in [0.29, 0.717) is 4.47 Å². The van der Waals surface area contributed by atoms with Crippen molar-refractivity contribution in [2.45, 2.75) is 12.3 Å². The van der Waals surface area contributed by atoms with E-state index in [1.165, 1.54) is 11.3 Å². The van der Waals surface area contributed by atoms with E-state index in [0.717, 1.165) is 11.3 Å². The fourth-order valence-electron chi connectivity index (χ4n) is 1.22. The van der Waals surface area contributed by atoms with Crippen LogP contribution in [0.3, 0.4) is 0 Å². The van der Waals surface area contributed by atoms with E-state index in [1.54, 1.807) is 6.20 Å². The van der Waals surface area contributed by atoms with Crippen molar-refractivity contribution in [2.24, 2.45) is 5.92 Å². The minimum atomic E-state index is -0.718. The highest BCUT2D eigenvalue weighted by Gasteiger charge is 2.45. The molecule has 1 aliphatic carbocycles. The summed E-state index contributed by atoms with van der Waals surface area (Å²) in [5.74, 6) is -0.765. The van der Waals surface area contributed by atoms with Gasteiger partial charge in [0.25, 0.3) is 0 Å². The molecule has 1 heterocycles. The van der Waals surface area contributed by atoms with Gasteiger partial charge in [0.15, 0.2) is 4.47 Å². The standard InChI is InChI=1S/C7H6ClNO2S/c8-7-9-2-5(12-7)3-1-4(3)6(10)11/h2-4H,1H2,(H,10,11)/t3-,4-/m1/s1. The molecule has 0 unspecified atom stereocenters. The second kappa shape index (κ2) is 2.71. The zero-order valence-corrected chi connectivity index (χ0v) is 7.60. The molecule has 0 spiro atoms. The molecule has 0 amide bonds. The van der Waals surface area contributed by atoms with Gasteiger partial charge in [0, 0.05) is 17.0 Å². The van der Waals surface area contributed by atoms with E-state index in [4.69, 9.17) is 16.7 Å². The molecule has 1 fully saturated rings. The monoisotopic (exact) mass is 203 g/mol. The minimum Gasteiger partial charge on any atom is -0.481 e. The van der Waals surface area contributed by atoms with E-state index in [2.05, 4.69) is 4.98 Å². The van der Waals surface area contributed by atoms with E-state index in [1.807, 2.05) is 0 Å². The molecule has 0 aromatic carbocycles. The Morgan fingerprint density at radius 3 is 3.00 bits per heavy atom. The smallest absolute Gasteiger partial charge is 0.307 e. The first-order valence-corrected chi connectivity index (χ1v) is 4.72. The van der Waals surface area contributed by atoms with Crippen LogP contribution in [0.25, 0.3) is 0 Å². The van der Waals surface area contributed by atoms with Crippen LogP contribution < -0.4 is 0 Å². The summed E-state index contributed by atoms with van der Waals surface area (Å²) in [6.45, 7) is 0. The second-order valence-corrected chi connectivity index (χ2v) is 4.45. The average Bonchev–Trinajstić information content (AvgIpc) is 2.70. The van der Waals surface area contributed by atoms with Crippen LogP contribution in [0, 0.1) is 5.92 Å². The molecule has 5 heteroatoms. The number of halogens is 1. The Morgan fingerprint density at radius 2 is 2.58 bits per heavy atom. The van der Waals surface area contributed by atoms with Gasteiger partial charge in [0.05, 0.1) is 5.92 Å². The van der Waals surface area contributed by atoms with Crippen LogP contribution in [0.4, 0.5) is 0 Å². The van der Waals surface area contributed by atoms with Crippen LogP contribution in [0.2, 0.25) is 4.47 Å². The van der Waals surface area contributed by atoms with Crippen LogP contribution in [-0.4, -0.2) is 16.1 Å². The van der Waals surface area contributed by atoms with Crippen LogP contribution in [0.1, 0.15) is 17.2 Å². The van der Waals surface area contributed by atoms with Crippen LogP contribution in [-0.2, 0) is 4.79 Å². The maximum absolute atomic E-state index is 10.5. The first-order chi connectivity index (χ1) is 5.68. The number of hydrogen-bond acceptors (Lipinski definition) is 3. The SMILES string of the molecule is O=C(O)[C@@H]1C[C@H]1c1cnc(Cl)s1. The molecule has 0 saturated heterocycles. The van der Waals surface area contributed by atoms with Gasteiger partial charge in [-0.15, -0.1) is 11.3 Å². The number of thiazole rings is 1. The van der Waals surface area contributed by atoms with Gasteiger partial charge >= 0.3 is 5.97 Å². The molecule has 0 aliphatic heterocycles. The summed E-state index contributed by atoms with van der Waals surface area (Å²) in [4.78, 5) is 15.4. The quantitative estimate of drug-likeness (QED) is 0.800. The summed E-state index contributed by atoms with van der Waals surface area (Å²) in [6, 6.07) is 0. The van der Waals surface area contributed by atoms with Crippen molar-refractivity contribution in [3.05, 3.63) is 15.5 Å². The first-order valence-electron chi connectivity index (χ1n) is 3.52. The van der Waals surface area contributed by atoms with Crippen LogP contribution in [0.5, 0.6) is 0 Å². The Balaban J connectivity index is 2.10. The van der Waals surface area contributed by atoms with Gasteiger partial charge in [-0.2, -0.15) is 0 Å². The third-order valence-corrected chi connectivity index (χ3v) is 3.22. The van der Waals surface area contributed by atoms with Gasteiger partial charge < -0.3 is 5.11 Å². The molecular formula is C7H6ClNO2S. The van der Waals surface area contributed by atoms with Crippen molar-refractivity contribution in [3.63, 3.8) is 0 Å². The molecule has 1 aromatic rings. The average molecular weight is 204 g/mol. The Bertz CT molecular complexity index is 325. The van der Waals surface area contributed by atoms with Gasteiger partial charge in [0.1, 0.15) is 0 Å². The van der Waals surface area contributed by atoms with Gasteiger partial charge in [0.2, 0.25) is 0 Å². The first kappa shape index (κ1) is 8.01. The number of aliphatic carboxylic acids is 1. The Kier molecular flexibility index (Phi) is 1.81. The number of carbonyl (C=O) groups is 1. The van der Waals surface area contributed by atoms with Crippen molar-refractivity contribution in [1.29, 1.82) is 0 Å². The Morgan fingerprint density at radius 1 is 1.83 bits per heavy atom. The molecule has 0 radical (unpaired) electrons. The highest BCUT2D eigenvalue weighted by molar-refractivity contribution is 7.15. The van der Waals surface area contributed by atoms with Gasteiger partial charge in [-0.25, -0.2) is 4.98 Å². The maximum atomic E-state index is 10.5. The number of carboxylic acids is 1. The largest absolute Gasteiger partial charge is 0.481 e. The number of rotatable bonds is 2. The van der Waals surface area contributed by atoms with Crippen LogP contribution in [0.15, 0.2) is 6.20 Å². The molecule has 12 heavy (non-hydrogen) atoms. The molecule has 1 aromatic heterocycles. The lowest BCUT2D eigenvalue weighted by Crippen LogP contribution is -1.97. The van der Waals surface area contributed by atoms with Crippen molar-refractivity contribution < 1.29 is 9.90 Å². The van der Waals surface area contributed by atoms with Crippen molar-refractivity contribution in [2.75, 3.05) is 0 Å². The fraction of sp³-hybridized carbons (Fsp3) is 0.429. The summed E-state index contributed by atoms with van der Waals surface area (Å²) in [5, 5.41) is 8.64. The molecule has 1 saturated carbocycles. The summed E-state index contributed by atoms with van der Waals surface area (Å²) in [7, 11) is 0. The minimum absolute atomic E-state index is 0.160. The summed E-state index contributed by atoms with van der Waals surface area (Å²) < 4.78 is 0.487. The van der Waals surface area contributed by atoms with E-state index >= 15 is 0 Å². The van der Waals surface area contributed by atoms with Crippen LogP contribution >= 0.6 is 22.9 Å². The molecular weight excluding hydrogens is 198 g/mol. The lowest BCUT2D eigenvalue weighted by Gasteiger charge is -1.88. The normalized spacial score (nSPS) is 27.1. The highest BCUT2D eigenvalue weighted by atomic mass is 35.5. The summed E-state index contributed by atoms with van der Waals surface area (Å²) in [5.41, 5.74) is 0. The predicted octanol–water partition coefficient (Wildman–Crippen LogP) is 1.98. The molecule has 1 aliphatic rings. The highest BCUT2D eigenvalue weighted by Crippen LogP contribution is 2.49. The van der Waals surface area contributed by atoms with E-state index in [9.17, 15) is 4.79 Å². The van der Waals surface area contributed by atoms with Gasteiger partial charge in [-0.1, -0.05) is 11.6 Å². The predicted molar refractivity (Wildman–Crippen MR) is 45.6 cm³/mol. The summed E-state index contributed by atoms with van der Waals surface area (Å²) >= 11 is 6.99. The van der Waals surface area contributed by atoms with Crippen molar-refractivity contribution in [3.8, 4) is 0 Å². The summed E-state index contributed by atoms with van der Waals surface area (Å²) in [6.07, 6.45) is 2.40. The van der Waals surface area contributed by atoms with Crippen molar-refractivity contribution >= 4 is 28.9 Å².